The molecule has 0 N–H and O–H groups in total. The molecule has 8 heteroatoms. The van der Waals surface area contributed by atoms with Gasteiger partial charge in [0.05, 0.1) is 18.5 Å². The number of hydrogen-bond acceptors (Lipinski definition) is 6. The molecule has 3 unspecified atom stereocenters. The van der Waals surface area contributed by atoms with Crippen molar-refractivity contribution in [1.82, 2.24) is 0 Å². The molecule has 5 rings (SSSR count). The van der Waals surface area contributed by atoms with Crippen LogP contribution in [0.4, 0.5) is 11.4 Å². The second-order valence-electron chi connectivity index (χ2n) is 7.02. The van der Waals surface area contributed by atoms with Crippen LogP contribution in [0.2, 0.25) is 5.02 Å². The average Bonchev–Trinajstić information content (AvgIpc) is 3.47. The van der Waals surface area contributed by atoms with Crippen molar-refractivity contribution < 1.29 is 19.2 Å². The van der Waals surface area contributed by atoms with E-state index in [0.29, 0.717) is 16.5 Å². The third-order valence-electron chi connectivity index (χ3n) is 5.36. The van der Waals surface area contributed by atoms with Crippen LogP contribution in [-0.4, -0.2) is 25.0 Å². The molecular formula is C22H17ClN2O4S. The first kappa shape index (κ1) is 19.1. The molecule has 3 atom stereocenters. The van der Waals surface area contributed by atoms with E-state index in [0.717, 1.165) is 10.6 Å². The Hall–Kier alpha value is -2.87. The van der Waals surface area contributed by atoms with Crippen molar-refractivity contribution in [1.29, 1.82) is 0 Å². The van der Waals surface area contributed by atoms with E-state index in [4.69, 9.17) is 21.2 Å². The number of amides is 2. The lowest BCUT2D eigenvalue weighted by atomic mass is 9.95. The number of hydrogen-bond donors (Lipinski definition) is 0. The van der Waals surface area contributed by atoms with Gasteiger partial charge in [-0.1, -0.05) is 17.7 Å². The Bertz CT molecular complexity index is 1090. The van der Waals surface area contributed by atoms with Gasteiger partial charge in [0.25, 0.3) is 5.91 Å². The summed E-state index contributed by atoms with van der Waals surface area (Å²) in [5.74, 6) is -0.633. The van der Waals surface area contributed by atoms with E-state index >= 15 is 0 Å². The number of thiophene rings is 1. The predicted octanol–water partition coefficient (Wildman–Crippen LogP) is 4.46. The third kappa shape index (κ3) is 2.98. The molecule has 3 heterocycles. The molecule has 3 aromatic rings. The van der Waals surface area contributed by atoms with E-state index in [2.05, 4.69) is 0 Å². The lowest BCUT2D eigenvalue weighted by Crippen LogP contribution is -2.37. The van der Waals surface area contributed by atoms with Gasteiger partial charge in [0.1, 0.15) is 17.7 Å². The van der Waals surface area contributed by atoms with Crippen LogP contribution in [0, 0.1) is 5.92 Å². The first-order valence-electron chi connectivity index (χ1n) is 9.35. The predicted molar refractivity (Wildman–Crippen MR) is 115 cm³/mol. The normalized spacial score (nSPS) is 23.2. The van der Waals surface area contributed by atoms with Crippen LogP contribution in [0.3, 0.4) is 0 Å². The molecule has 1 aromatic heterocycles. The quantitative estimate of drug-likeness (QED) is 0.560. The maximum absolute atomic E-state index is 13.4. The number of halogens is 1. The standard InChI is InChI=1S/C22H17ClN2O4S/c1-28-16-10-8-14(9-11-16)24-21(26)18-19(17-3-2-12-30-17)25(29-20(18)22(24)27)15-6-4-13(23)5-7-15/h2-12,18-20H,1H3. The van der Waals surface area contributed by atoms with Gasteiger partial charge >= 0.3 is 0 Å². The minimum absolute atomic E-state index is 0.273. The summed E-state index contributed by atoms with van der Waals surface area (Å²) < 4.78 is 5.17. The number of anilines is 2. The molecule has 2 fully saturated rings. The summed E-state index contributed by atoms with van der Waals surface area (Å²) in [6.45, 7) is 0. The zero-order valence-corrected chi connectivity index (χ0v) is 17.5. The molecule has 0 bridgehead atoms. The fourth-order valence-electron chi connectivity index (χ4n) is 3.96. The molecule has 0 spiro atoms. The van der Waals surface area contributed by atoms with E-state index in [1.54, 1.807) is 48.6 Å². The number of hydroxylamine groups is 1. The Morgan fingerprint density at radius 3 is 2.30 bits per heavy atom. The molecule has 0 saturated carbocycles. The SMILES string of the molecule is COc1ccc(N2C(=O)C3ON(c4ccc(Cl)cc4)C(c4cccs4)C3C2=O)cc1. The molecule has 2 aliphatic heterocycles. The first-order valence-corrected chi connectivity index (χ1v) is 10.6. The third-order valence-corrected chi connectivity index (χ3v) is 6.56. The number of fused-ring (bicyclic) bond motifs is 1. The van der Waals surface area contributed by atoms with Gasteiger partial charge in [0, 0.05) is 9.90 Å². The topological polar surface area (TPSA) is 59.1 Å². The summed E-state index contributed by atoms with van der Waals surface area (Å²) in [5.41, 5.74) is 1.25. The Kier molecular flexibility index (Phi) is 4.73. The highest BCUT2D eigenvalue weighted by Gasteiger charge is 2.60. The molecule has 6 nitrogen and oxygen atoms in total. The van der Waals surface area contributed by atoms with Gasteiger partial charge in [-0.15, -0.1) is 11.3 Å². The van der Waals surface area contributed by atoms with E-state index in [1.165, 1.54) is 16.2 Å². The van der Waals surface area contributed by atoms with Crippen molar-refractivity contribution in [3.63, 3.8) is 0 Å². The molecule has 0 radical (unpaired) electrons. The van der Waals surface area contributed by atoms with Gasteiger partial charge in [-0.3, -0.25) is 14.4 Å². The van der Waals surface area contributed by atoms with E-state index in [-0.39, 0.29) is 11.8 Å². The maximum Gasteiger partial charge on any atom is 0.266 e. The molecule has 2 aliphatic rings. The van der Waals surface area contributed by atoms with Crippen LogP contribution < -0.4 is 14.7 Å². The van der Waals surface area contributed by atoms with Crippen molar-refractivity contribution in [2.75, 3.05) is 17.1 Å². The highest BCUT2D eigenvalue weighted by atomic mass is 35.5. The molecule has 2 aromatic carbocycles. The van der Waals surface area contributed by atoms with Crippen LogP contribution in [0.5, 0.6) is 5.75 Å². The highest BCUT2D eigenvalue weighted by molar-refractivity contribution is 7.10. The maximum atomic E-state index is 13.4. The summed E-state index contributed by atoms with van der Waals surface area (Å²) in [6.07, 6.45) is -0.887. The Morgan fingerprint density at radius 2 is 1.67 bits per heavy atom. The second kappa shape index (κ2) is 7.43. The van der Waals surface area contributed by atoms with Crippen molar-refractivity contribution in [2.45, 2.75) is 12.1 Å². The monoisotopic (exact) mass is 440 g/mol. The van der Waals surface area contributed by atoms with E-state index in [9.17, 15) is 9.59 Å². The number of carbonyl (C=O) groups is 2. The molecule has 30 heavy (non-hydrogen) atoms. The summed E-state index contributed by atoms with van der Waals surface area (Å²) in [6, 6.07) is 17.5. The Labute approximate surface area is 182 Å². The number of rotatable bonds is 4. The van der Waals surface area contributed by atoms with Gasteiger partial charge in [-0.2, -0.15) is 0 Å². The lowest BCUT2D eigenvalue weighted by molar-refractivity contribution is -0.126. The van der Waals surface area contributed by atoms with Crippen LogP contribution in [0.1, 0.15) is 10.9 Å². The Balaban J connectivity index is 1.53. The second-order valence-corrected chi connectivity index (χ2v) is 8.44. The molecule has 2 amide bonds. The molecule has 152 valence electrons. The van der Waals surface area contributed by atoms with Crippen molar-refractivity contribution in [3.8, 4) is 5.75 Å². The van der Waals surface area contributed by atoms with Gasteiger partial charge in [0.15, 0.2) is 6.10 Å². The zero-order valence-electron chi connectivity index (χ0n) is 15.9. The van der Waals surface area contributed by atoms with Gasteiger partial charge in [0.2, 0.25) is 5.91 Å². The molecule has 2 saturated heterocycles. The van der Waals surface area contributed by atoms with Crippen molar-refractivity contribution in [3.05, 3.63) is 75.9 Å². The van der Waals surface area contributed by atoms with E-state index in [1.807, 2.05) is 29.6 Å². The number of ether oxygens (including phenoxy) is 1. The largest absolute Gasteiger partial charge is 0.497 e. The lowest BCUT2D eigenvalue weighted by Gasteiger charge is -2.27. The van der Waals surface area contributed by atoms with Gasteiger partial charge < -0.3 is 4.74 Å². The van der Waals surface area contributed by atoms with Crippen LogP contribution in [-0.2, 0) is 14.4 Å². The van der Waals surface area contributed by atoms with Gasteiger partial charge in [-0.05, 0) is 60.0 Å². The summed E-state index contributed by atoms with van der Waals surface area (Å²) in [5, 5.41) is 4.22. The summed E-state index contributed by atoms with van der Waals surface area (Å²) in [7, 11) is 1.57. The number of methoxy groups -OCH3 is 1. The average molecular weight is 441 g/mol. The fourth-order valence-corrected chi connectivity index (χ4v) is 4.94. The minimum atomic E-state index is -0.887. The van der Waals surface area contributed by atoms with Crippen LogP contribution >= 0.6 is 22.9 Å². The van der Waals surface area contributed by atoms with Crippen molar-refractivity contribution >= 4 is 46.1 Å². The summed E-state index contributed by atoms with van der Waals surface area (Å²) >= 11 is 7.55. The number of carbonyl (C=O) groups excluding carboxylic acids is 2. The molecular weight excluding hydrogens is 424 g/mol. The van der Waals surface area contributed by atoms with Crippen LogP contribution in [0.15, 0.2) is 66.0 Å². The number of nitrogens with zero attached hydrogens (tertiary/aromatic N) is 2. The zero-order chi connectivity index (χ0) is 20.8. The highest BCUT2D eigenvalue weighted by Crippen LogP contribution is 2.48. The van der Waals surface area contributed by atoms with Crippen molar-refractivity contribution in [2.24, 2.45) is 5.92 Å². The Morgan fingerprint density at radius 1 is 0.967 bits per heavy atom. The number of benzene rings is 2. The fraction of sp³-hybridized carbons (Fsp3) is 0.182. The minimum Gasteiger partial charge on any atom is -0.497 e. The number of imide groups is 1. The van der Waals surface area contributed by atoms with E-state index < -0.39 is 18.1 Å². The smallest absolute Gasteiger partial charge is 0.266 e. The van der Waals surface area contributed by atoms with Gasteiger partial charge in [-0.25, -0.2) is 9.96 Å². The first-order chi connectivity index (χ1) is 14.6. The molecule has 0 aliphatic carbocycles. The van der Waals surface area contributed by atoms with Crippen LogP contribution in [0.25, 0.3) is 0 Å². The summed E-state index contributed by atoms with van der Waals surface area (Å²) in [4.78, 5) is 34.9.